The first-order chi connectivity index (χ1) is 14.9. The van der Waals surface area contributed by atoms with Crippen molar-refractivity contribution in [3.8, 4) is 17.0 Å². The summed E-state index contributed by atoms with van der Waals surface area (Å²) in [6, 6.07) is 11.6. The second-order valence-electron chi connectivity index (χ2n) is 6.22. The van der Waals surface area contributed by atoms with Gasteiger partial charge in [-0.1, -0.05) is 41.6 Å². The van der Waals surface area contributed by atoms with E-state index in [2.05, 4.69) is 25.8 Å². The van der Waals surface area contributed by atoms with Gasteiger partial charge in [-0.15, -0.1) is 10.2 Å². The number of carbonyl (C=O) groups excluding carboxylic acids is 2. The number of thioether (sulfide) groups is 1. The molecule has 9 nitrogen and oxygen atoms in total. The Morgan fingerprint density at radius 2 is 1.90 bits per heavy atom. The van der Waals surface area contributed by atoms with Gasteiger partial charge in [0, 0.05) is 17.5 Å². The molecule has 0 saturated carbocycles. The number of H-pyrrole nitrogens is 1. The number of rotatable bonds is 7. The lowest BCUT2D eigenvalue weighted by molar-refractivity contribution is -0.114. The molecule has 0 saturated heterocycles. The van der Waals surface area contributed by atoms with Gasteiger partial charge in [0.05, 0.1) is 24.2 Å². The number of benzene rings is 2. The number of amides is 2. The van der Waals surface area contributed by atoms with Gasteiger partial charge < -0.3 is 15.4 Å². The highest BCUT2D eigenvalue weighted by molar-refractivity contribution is 7.99. The molecule has 0 aliphatic carbocycles. The molecule has 0 bridgehead atoms. The number of hydrogen-bond donors (Lipinski definition) is 3. The summed E-state index contributed by atoms with van der Waals surface area (Å²) >= 11 is 6.97. The summed E-state index contributed by atoms with van der Waals surface area (Å²) in [5.74, 6) is -0.167. The average molecular weight is 460 g/mol. The van der Waals surface area contributed by atoms with E-state index >= 15 is 0 Å². The third-order valence-electron chi connectivity index (χ3n) is 3.94. The highest BCUT2D eigenvalue weighted by Gasteiger charge is 2.14. The monoisotopic (exact) mass is 459 g/mol. The molecule has 1 aromatic heterocycles. The lowest BCUT2D eigenvalue weighted by Crippen LogP contribution is -2.18. The maximum atomic E-state index is 12.5. The van der Waals surface area contributed by atoms with Gasteiger partial charge in [0.2, 0.25) is 11.8 Å². The average Bonchev–Trinajstić information content (AvgIpc) is 2.73. The van der Waals surface area contributed by atoms with Gasteiger partial charge in [-0.2, -0.15) is 0 Å². The van der Waals surface area contributed by atoms with Crippen LogP contribution in [0.1, 0.15) is 6.92 Å². The van der Waals surface area contributed by atoms with E-state index in [0.717, 1.165) is 11.8 Å². The number of methoxy groups -OCH3 is 1. The molecule has 2 amide bonds. The van der Waals surface area contributed by atoms with Gasteiger partial charge in [-0.05, 0) is 24.3 Å². The van der Waals surface area contributed by atoms with Crippen LogP contribution in [-0.2, 0) is 9.59 Å². The first-order valence-corrected chi connectivity index (χ1v) is 10.3. The van der Waals surface area contributed by atoms with Gasteiger partial charge >= 0.3 is 0 Å². The van der Waals surface area contributed by atoms with E-state index in [-0.39, 0.29) is 28.4 Å². The highest BCUT2D eigenvalue weighted by atomic mass is 35.5. The number of aromatic amines is 1. The number of hydrogen-bond acceptors (Lipinski definition) is 7. The van der Waals surface area contributed by atoms with Gasteiger partial charge in [0.1, 0.15) is 5.75 Å². The number of ether oxygens (including phenoxy) is 1. The lowest BCUT2D eigenvalue weighted by atomic mass is 10.1. The maximum Gasteiger partial charge on any atom is 0.278 e. The second-order valence-corrected chi connectivity index (χ2v) is 7.62. The summed E-state index contributed by atoms with van der Waals surface area (Å²) in [5, 5.41) is 14.0. The number of para-hydroxylation sites is 1. The van der Waals surface area contributed by atoms with Crippen LogP contribution in [0.5, 0.6) is 5.75 Å². The zero-order valence-electron chi connectivity index (χ0n) is 16.6. The molecule has 11 heteroatoms. The van der Waals surface area contributed by atoms with E-state index in [1.165, 1.54) is 14.0 Å². The van der Waals surface area contributed by atoms with E-state index in [1.807, 2.05) is 0 Å². The first kappa shape index (κ1) is 22.3. The Balaban J connectivity index is 1.71. The van der Waals surface area contributed by atoms with Gasteiger partial charge in [0.25, 0.3) is 5.56 Å². The van der Waals surface area contributed by atoms with Crippen molar-refractivity contribution in [2.24, 2.45) is 0 Å². The number of nitrogens with one attached hydrogen (secondary N) is 3. The third kappa shape index (κ3) is 5.83. The molecule has 160 valence electrons. The van der Waals surface area contributed by atoms with Crippen LogP contribution in [0.25, 0.3) is 11.3 Å². The van der Waals surface area contributed by atoms with Crippen LogP contribution in [0.2, 0.25) is 5.02 Å². The highest BCUT2D eigenvalue weighted by Crippen LogP contribution is 2.28. The van der Waals surface area contributed by atoms with Crippen molar-refractivity contribution < 1.29 is 14.3 Å². The normalized spacial score (nSPS) is 10.4. The molecule has 0 unspecified atom stereocenters. The standard InChI is InChI=1S/C20H18ClN5O4S/c1-11(27)22-14-6-4-3-5-13(14)18-19(29)24-20(26-25-18)31-10-17(28)23-15-9-12(21)7-8-16(15)30-2/h3-9H,10H2,1-2H3,(H,22,27)(H,23,28)(H,24,26,29). The summed E-state index contributed by atoms with van der Waals surface area (Å²) < 4.78 is 5.19. The molecule has 3 rings (SSSR count). The van der Waals surface area contributed by atoms with Crippen molar-refractivity contribution in [1.82, 2.24) is 15.2 Å². The van der Waals surface area contributed by atoms with Crippen molar-refractivity contribution in [2.45, 2.75) is 12.1 Å². The molecule has 31 heavy (non-hydrogen) atoms. The predicted molar refractivity (Wildman–Crippen MR) is 120 cm³/mol. The van der Waals surface area contributed by atoms with Crippen LogP contribution < -0.4 is 20.9 Å². The largest absolute Gasteiger partial charge is 0.495 e. The van der Waals surface area contributed by atoms with Crippen LogP contribution in [0.15, 0.2) is 52.4 Å². The van der Waals surface area contributed by atoms with Crippen molar-refractivity contribution in [3.05, 3.63) is 57.8 Å². The van der Waals surface area contributed by atoms with Crippen LogP contribution in [0.3, 0.4) is 0 Å². The van der Waals surface area contributed by atoms with Gasteiger partial charge in [-0.3, -0.25) is 19.4 Å². The number of carbonyl (C=O) groups is 2. The van der Waals surface area contributed by atoms with E-state index in [1.54, 1.807) is 42.5 Å². The molecule has 0 atom stereocenters. The Labute approximate surface area is 186 Å². The number of halogens is 1. The minimum absolute atomic E-state index is 0.0257. The van der Waals surface area contributed by atoms with Crippen molar-refractivity contribution >= 4 is 46.6 Å². The van der Waals surface area contributed by atoms with Crippen molar-refractivity contribution in [2.75, 3.05) is 23.5 Å². The Morgan fingerprint density at radius 3 is 2.61 bits per heavy atom. The van der Waals surface area contributed by atoms with E-state index < -0.39 is 5.56 Å². The second kappa shape index (κ2) is 10.1. The molecule has 2 aromatic carbocycles. The Kier molecular flexibility index (Phi) is 7.27. The minimum Gasteiger partial charge on any atom is -0.495 e. The molecular formula is C20H18ClN5O4S. The molecule has 0 fully saturated rings. The maximum absolute atomic E-state index is 12.5. The number of anilines is 2. The summed E-state index contributed by atoms with van der Waals surface area (Å²) in [5.41, 5.74) is 0.887. The van der Waals surface area contributed by atoms with E-state index in [4.69, 9.17) is 16.3 Å². The summed E-state index contributed by atoms with van der Waals surface area (Å²) in [6.07, 6.45) is 0. The van der Waals surface area contributed by atoms with E-state index in [0.29, 0.717) is 27.7 Å². The van der Waals surface area contributed by atoms with E-state index in [9.17, 15) is 14.4 Å². The SMILES string of the molecule is COc1ccc(Cl)cc1NC(=O)CSc1nnc(-c2ccccc2NC(C)=O)c(=O)[nH]1. The molecule has 1 heterocycles. The Bertz CT molecular complexity index is 1180. The Morgan fingerprint density at radius 1 is 1.13 bits per heavy atom. The molecular weight excluding hydrogens is 442 g/mol. The van der Waals surface area contributed by atoms with Crippen LogP contribution in [0, 0.1) is 0 Å². The summed E-state index contributed by atoms with van der Waals surface area (Å²) in [6.45, 7) is 1.37. The third-order valence-corrected chi connectivity index (χ3v) is 5.04. The number of nitrogens with zero attached hydrogens (tertiary/aromatic N) is 2. The lowest BCUT2D eigenvalue weighted by Gasteiger charge is -2.10. The van der Waals surface area contributed by atoms with Gasteiger partial charge in [-0.25, -0.2) is 0 Å². The molecule has 0 radical (unpaired) electrons. The van der Waals surface area contributed by atoms with Crippen LogP contribution >= 0.6 is 23.4 Å². The fourth-order valence-electron chi connectivity index (χ4n) is 2.65. The minimum atomic E-state index is -0.493. The molecule has 3 aromatic rings. The van der Waals surface area contributed by atoms with Crippen molar-refractivity contribution in [1.29, 1.82) is 0 Å². The van der Waals surface area contributed by atoms with Crippen LogP contribution in [-0.4, -0.2) is 39.9 Å². The Hall–Kier alpha value is -3.37. The summed E-state index contributed by atoms with van der Waals surface area (Å²) in [4.78, 5) is 38.8. The smallest absolute Gasteiger partial charge is 0.278 e. The van der Waals surface area contributed by atoms with Crippen molar-refractivity contribution in [3.63, 3.8) is 0 Å². The van der Waals surface area contributed by atoms with Crippen LogP contribution in [0.4, 0.5) is 11.4 Å². The molecule has 0 spiro atoms. The topological polar surface area (TPSA) is 126 Å². The predicted octanol–water partition coefficient (Wildman–Crippen LogP) is 3.18. The first-order valence-electron chi connectivity index (χ1n) is 8.97. The fourth-order valence-corrected chi connectivity index (χ4v) is 3.43. The zero-order valence-corrected chi connectivity index (χ0v) is 18.1. The molecule has 0 aliphatic heterocycles. The zero-order chi connectivity index (χ0) is 22.4. The fraction of sp³-hybridized carbons (Fsp3) is 0.150. The van der Waals surface area contributed by atoms with Gasteiger partial charge in [0.15, 0.2) is 10.9 Å². The molecule has 3 N–H and O–H groups in total. The summed E-state index contributed by atoms with van der Waals surface area (Å²) in [7, 11) is 1.49. The quantitative estimate of drug-likeness (QED) is 0.463. The number of aromatic nitrogens is 3. The molecule has 0 aliphatic rings.